The van der Waals surface area contributed by atoms with Crippen molar-refractivity contribution in [3.8, 4) is 5.88 Å². The molecular weight excluding hydrogens is 431 g/mol. The second-order valence-electron chi connectivity index (χ2n) is 6.39. The Morgan fingerprint density at radius 3 is 2.47 bits per heavy atom. The summed E-state index contributed by atoms with van der Waals surface area (Å²) in [5.74, 6) is -0.714. The second kappa shape index (κ2) is 8.95. The van der Waals surface area contributed by atoms with Gasteiger partial charge < -0.3 is 10.1 Å². The van der Waals surface area contributed by atoms with Crippen LogP contribution in [-0.4, -0.2) is 28.0 Å². The summed E-state index contributed by atoms with van der Waals surface area (Å²) in [6.07, 6.45) is -5.66. The summed E-state index contributed by atoms with van der Waals surface area (Å²) < 4.78 is 70.2. The third-order valence-electron chi connectivity index (χ3n) is 4.18. The van der Waals surface area contributed by atoms with Crippen LogP contribution in [0.3, 0.4) is 0 Å². The molecule has 5 nitrogen and oxygen atoms in total. The number of benzene rings is 1. The van der Waals surface area contributed by atoms with Crippen molar-refractivity contribution in [2.45, 2.75) is 32.7 Å². The number of aryl methyl sites for hydroxylation is 1. The maximum Gasteiger partial charge on any atom is 0.272 e. The maximum absolute atomic E-state index is 14.5. The molecular formula is C19H16ClF5N4O. The molecule has 3 rings (SSSR count). The predicted octanol–water partition coefficient (Wildman–Crippen LogP) is 5.88. The van der Waals surface area contributed by atoms with Crippen molar-refractivity contribution in [2.75, 3.05) is 11.9 Å². The van der Waals surface area contributed by atoms with E-state index in [0.717, 1.165) is 6.07 Å². The number of aromatic nitrogens is 3. The van der Waals surface area contributed by atoms with Crippen LogP contribution in [0.4, 0.5) is 27.8 Å². The smallest absolute Gasteiger partial charge is 0.272 e. The third kappa shape index (κ3) is 4.69. The summed E-state index contributed by atoms with van der Waals surface area (Å²) in [4.78, 5) is 12.4. The fraction of sp³-hybridized carbons (Fsp3) is 0.316. The van der Waals surface area contributed by atoms with E-state index in [9.17, 15) is 22.0 Å². The zero-order valence-corrected chi connectivity index (χ0v) is 16.5. The van der Waals surface area contributed by atoms with Crippen LogP contribution in [0.25, 0.3) is 11.0 Å². The summed E-state index contributed by atoms with van der Waals surface area (Å²) in [6, 6.07) is 4.38. The number of alkyl halides is 4. The molecule has 0 spiro atoms. The first kappa shape index (κ1) is 21.9. The molecule has 11 heteroatoms. The lowest BCUT2D eigenvalue weighted by Crippen LogP contribution is -2.13. The topological polar surface area (TPSA) is 59.9 Å². The van der Waals surface area contributed by atoms with Gasteiger partial charge in [0, 0.05) is 5.56 Å². The van der Waals surface area contributed by atoms with E-state index in [2.05, 4.69) is 20.3 Å². The Labute approximate surface area is 173 Å². The molecule has 0 amide bonds. The Morgan fingerprint density at radius 1 is 1.10 bits per heavy atom. The molecule has 160 valence electrons. The van der Waals surface area contributed by atoms with Gasteiger partial charge in [0.2, 0.25) is 5.88 Å². The van der Waals surface area contributed by atoms with Crippen molar-refractivity contribution in [1.29, 1.82) is 0 Å². The molecule has 1 N–H and O–H groups in total. The molecule has 0 saturated heterocycles. The van der Waals surface area contributed by atoms with Gasteiger partial charge in [-0.25, -0.2) is 31.9 Å². The Hall–Kier alpha value is -2.75. The Balaban J connectivity index is 1.98. The molecule has 0 fully saturated rings. The van der Waals surface area contributed by atoms with Crippen molar-refractivity contribution in [2.24, 2.45) is 0 Å². The van der Waals surface area contributed by atoms with Crippen molar-refractivity contribution in [1.82, 2.24) is 15.0 Å². The second-order valence-corrected chi connectivity index (χ2v) is 6.79. The number of fused-ring (bicyclic) bond motifs is 1. The van der Waals surface area contributed by atoms with E-state index in [1.54, 1.807) is 13.8 Å². The molecule has 0 aliphatic carbocycles. The molecule has 2 aromatic heterocycles. The van der Waals surface area contributed by atoms with Gasteiger partial charge in [-0.1, -0.05) is 29.8 Å². The zero-order chi connectivity index (χ0) is 22.0. The van der Waals surface area contributed by atoms with Crippen molar-refractivity contribution in [3.63, 3.8) is 0 Å². The minimum atomic E-state index is -2.95. The van der Waals surface area contributed by atoms with Crippen LogP contribution in [0.1, 0.15) is 36.3 Å². The van der Waals surface area contributed by atoms with Crippen LogP contribution < -0.4 is 10.1 Å². The summed E-state index contributed by atoms with van der Waals surface area (Å²) in [5, 5.41) is 3.23. The zero-order valence-electron chi connectivity index (χ0n) is 15.8. The Kier molecular flexibility index (Phi) is 6.55. The molecule has 0 saturated carbocycles. The highest BCUT2D eigenvalue weighted by Gasteiger charge is 2.21. The highest BCUT2D eigenvalue weighted by atomic mass is 35.5. The SMILES string of the molecule is Cc1nc(NC(C)c2cccc(C(F)F)c2F)c2cc(Cl)c(OCC(F)F)nc2n1. The summed E-state index contributed by atoms with van der Waals surface area (Å²) in [5.41, 5.74) is -0.559. The minimum Gasteiger partial charge on any atom is -0.470 e. The number of anilines is 1. The summed E-state index contributed by atoms with van der Waals surface area (Å²) in [6.45, 7) is 2.26. The van der Waals surface area contributed by atoms with Crippen LogP contribution in [-0.2, 0) is 0 Å². The number of pyridine rings is 1. The fourth-order valence-corrected chi connectivity index (χ4v) is 3.04. The molecule has 3 aromatic rings. The van der Waals surface area contributed by atoms with Gasteiger partial charge in [-0.15, -0.1) is 0 Å². The molecule has 30 heavy (non-hydrogen) atoms. The molecule has 0 bridgehead atoms. The highest BCUT2D eigenvalue weighted by Crippen LogP contribution is 2.33. The molecule has 0 aliphatic rings. The van der Waals surface area contributed by atoms with E-state index in [4.69, 9.17) is 16.3 Å². The van der Waals surface area contributed by atoms with Gasteiger partial charge in [-0.3, -0.25) is 0 Å². The number of hydrogen-bond donors (Lipinski definition) is 1. The number of halogens is 6. The van der Waals surface area contributed by atoms with Crippen molar-refractivity contribution in [3.05, 3.63) is 52.1 Å². The van der Waals surface area contributed by atoms with E-state index in [-0.39, 0.29) is 33.8 Å². The minimum absolute atomic E-state index is 0.0214. The van der Waals surface area contributed by atoms with Gasteiger partial charge in [0.15, 0.2) is 12.3 Å². The molecule has 2 heterocycles. The first-order chi connectivity index (χ1) is 14.2. The number of nitrogens with one attached hydrogen (secondary N) is 1. The van der Waals surface area contributed by atoms with Gasteiger partial charge in [0.05, 0.1) is 17.0 Å². The van der Waals surface area contributed by atoms with Crippen molar-refractivity contribution < 1.29 is 26.7 Å². The van der Waals surface area contributed by atoms with E-state index in [0.29, 0.717) is 5.39 Å². The van der Waals surface area contributed by atoms with E-state index < -0.39 is 36.9 Å². The van der Waals surface area contributed by atoms with E-state index in [1.165, 1.54) is 18.2 Å². The molecule has 1 atom stereocenters. The normalized spacial score (nSPS) is 12.6. The first-order valence-electron chi connectivity index (χ1n) is 8.76. The van der Waals surface area contributed by atoms with Crippen molar-refractivity contribution >= 4 is 28.5 Å². The number of rotatable bonds is 7. The van der Waals surface area contributed by atoms with E-state index >= 15 is 0 Å². The Morgan fingerprint density at radius 2 is 1.80 bits per heavy atom. The largest absolute Gasteiger partial charge is 0.470 e. The number of nitrogens with zero attached hydrogens (tertiary/aromatic N) is 3. The van der Waals surface area contributed by atoms with Crippen LogP contribution >= 0.6 is 11.6 Å². The quantitative estimate of drug-likeness (QED) is 0.459. The van der Waals surface area contributed by atoms with Crippen LogP contribution in [0.2, 0.25) is 5.02 Å². The van der Waals surface area contributed by atoms with Gasteiger partial charge >= 0.3 is 0 Å². The third-order valence-corrected chi connectivity index (χ3v) is 4.45. The standard InChI is InChI=1S/C19H16ClF5N4O/c1-8(10-4-3-5-11(15(10)23)16(24)25)26-17-12-6-13(20)19(30-7-14(21)22)29-18(12)28-9(2)27-17/h3-6,8,14,16H,7H2,1-2H3,(H,26,27,28,29). The van der Waals surface area contributed by atoms with Crippen LogP contribution in [0.15, 0.2) is 24.3 Å². The monoisotopic (exact) mass is 446 g/mol. The summed E-state index contributed by atoms with van der Waals surface area (Å²) in [7, 11) is 0. The van der Waals surface area contributed by atoms with Gasteiger partial charge in [-0.2, -0.15) is 4.98 Å². The average Bonchev–Trinajstić information content (AvgIpc) is 2.66. The predicted molar refractivity (Wildman–Crippen MR) is 102 cm³/mol. The average molecular weight is 447 g/mol. The van der Waals surface area contributed by atoms with Crippen LogP contribution in [0.5, 0.6) is 5.88 Å². The highest BCUT2D eigenvalue weighted by molar-refractivity contribution is 6.32. The van der Waals surface area contributed by atoms with E-state index in [1.807, 2.05) is 0 Å². The lowest BCUT2D eigenvalue weighted by molar-refractivity contribution is 0.0798. The first-order valence-corrected chi connectivity index (χ1v) is 9.14. The maximum atomic E-state index is 14.5. The Bertz CT molecular complexity index is 1070. The number of hydrogen-bond acceptors (Lipinski definition) is 5. The van der Waals surface area contributed by atoms with Gasteiger partial charge in [-0.05, 0) is 19.9 Å². The molecule has 0 radical (unpaired) electrons. The summed E-state index contributed by atoms with van der Waals surface area (Å²) >= 11 is 6.07. The molecule has 1 aromatic carbocycles. The lowest BCUT2D eigenvalue weighted by Gasteiger charge is -2.19. The van der Waals surface area contributed by atoms with Gasteiger partial charge in [0.25, 0.3) is 12.9 Å². The lowest BCUT2D eigenvalue weighted by atomic mass is 10.0. The fourth-order valence-electron chi connectivity index (χ4n) is 2.83. The number of ether oxygens (including phenoxy) is 1. The van der Waals surface area contributed by atoms with Crippen LogP contribution in [0, 0.1) is 12.7 Å². The molecule has 0 aliphatic heterocycles. The molecule has 1 unspecified atom stereocenters. The van der Waals surface area contributed by atoms with Gasteiger partial charge in [0.1, 0.15) is 22.5 Å².